The Hall–Kier alpha value is -1.06. The smallest absolute Gasteiger partial charge is 0.251 e. The van der Waals surface area contributed by atoms with Crippen molar-refractivity contribution < 1.29 is 4.79 Å². The highest BCUT2D eigenvalue weighted by Crippen LogP contribution is 2.25. The van der Waals surface area contributed by atoms with Crippen LogP contribution in [0.2, 0.25) is 0 Å². The zero-order valence-corrected chi connectivity index (χ0v) is 12.4. The van der Waals surface area contributed by atoms with Crippen LogP contribution in [0.5, 0.6) is 0 Å². The normalized spacial score (nSPS) is 21.8. The maximum Gasteiger partial charge on any atom is 0.251 e. The molecule has 1 aliphatic carbocycles. The molecule has 2 atom stereocenters. The standard InChI is InChI=1S/C15H22N2O.ClH/c1-10-6-7-11(2)13(8-10)15(18)17-14-5-3-4-12(14)9-16;/h6-8,12,14H,3-5,9,16H2,1-2H3,(H,17,18);1H. The molecule has 1 fully saturated rings. The summed E-state index contributed by atoms with van der Waals surface area (Å²) in [7, 11) is 0. The van der Waals surface area contributed by atoms with Gasteiger partial charge < -0.3 is 11.1 Å². The summed E-state index contributed by atoms with van der Waals surface area (Å²) in [6, 6.07) is 6.24. The molecule has 0 radical (unpaired) electrons. The molecule has 0 bridgehead atoms. The summed E-state index contributed by atoms with van der Waals surface area (Å²) in [4.78, 5) is 12.3. The van der Waals surface area contributed by atoms with Crippen molar-refractivity contribution in [2.75, 3.05) is 6.54 Å². The second-order valence-electron chi connectivity index (χ2n) is 5.33. The Kier molecular flexibility index (Phi) is 5.83. The molecule has 1 aliphatic rings. The molecular weight excluding hydrogens is 260 g/mol. The highest BCUT2D eigenvalue weighted by atomic mass is 35.5. The zero-order valence-electron chi connectivity index (χ0n) is 11.6. The number of carbonyl (C=O) groups is 1. The topological polar surface area (TPSA) is 55.1 Å². The van der Waals surface area contributed by atoms with E-state index in [-0.39, 0.29) is 24.4 Å². The molecule has 0 aromatic heterocycles. The van der Waals surface area contributed by atoms with E-state index in [9.17, 15) is 4.79 Å². The number of nitrogens with one attached hydrogen (secondary N) is 1. The Morgan fingerprint density at radius 3 is 2.79 bits per heavy atom. The molecule has 0 spiro atoms. The first-order valence-electron chi connectivity index (χ1n) is 6.70. The number of amides is 1. The first-order chi connectivity index (χ1) is 8.61. The van der Waals surface area contributed by atoms with E-state index in [4.69, 9.17) is 5.73 Å². The van der Waals surface area contributed by atoms with Gasteiger partial charge in [-0.05, 0) is 50.8 Å². The number of benzene rings is 1. The lowest BCUT2D eigenvalue weighted by atomic mass is 10.0. The number of hydrogen-bond donors (Lipinski definition) is 2. The summed E-state index contributed by atoms with van der Waals surface area (Å²) in [5, 5.41) is 3.15. The van der Waals surface area contributed by atoms with Crippen LogP contribution in [0.25, 0.3) is 0 Å². The van der Waals surface area contributed by atoms with Crippen LogP contribution in [0.1, 0.15) is 40.7 Å². The molecule has 1 amide bonds. The van der Waals surface area contributed by atoms with Gasteiger partial charge in [0.1, 0.15) is 0 Å². The summed E-state index contributed by atoms with van der Waals surface area (Å²) in [5.41, 5.74) is 8.68. The summed E-state index contributed by atoms with van der Waals surface area (Å²) in [5.74, 6) is 0.487. The van der Waals surface area contributed by atoms with E-state index < -0.39 is 0 Å². The van der Waals surface area contributed by atoms with Crippen LogP contribution in [-0.2, 0) is 0 Å². The molecular formula is C15H23ClN2O. The number of halogens is 1. The van der Waals surface area contributed by atoms with Crippen LogP contribution < -0.4 is 11.1 Å². The maximum atomic E-state index is 12.3. The van der Waals surface area contributed by atoms with E-state index in [0.717, 1.165) is 29.5 Å². The summed E-state index contributed by atoms with van der Waals surface area (Å²) in [6.07, 6.45) is 3.35. The van der Waals surface area contributed by atoms with Gasteiger partial charge >= 0.3 is 0 Å². The fourth-order valence-electron chi connectivity index (χ4n) is 2.74. The van der Waals surface area contributed by atoms with Crippen molar-refractivity contribution in [1.82, 2.24) is 5.32 Å². The highest BCUT2D eigenvalue weighted by Gasteiger charge is 2.27. The number of carbonyl (C=O) groups excluding carboxylic acids is 1. The first kappa shape index (κ1) is 16.0. The van der Waals surface area contributed by atoms with Gasteiger partial charge in [0.2, 0.25) is 0 Å². The molecule has 3 N–H and O–H groups in total. The van der Waals surface area contributed by atoms with E-state index in [1.54, 1.807) is 0 Å². The summed E-state index contributed by atoms with van der Waals surface area (Å²) in [6.45, 7) is 4.65. The molecule has 4 heteroatoms. The first-order valence-corrected chi connectivity index (χ1v) is 6.70. The Morgan fingerprint density at radius 2 is 2.11 bits per heavy atom. The van der Waals surface area contributed by atoms with Crippen LogP contribution in [0.4, 0.5) is 0 Å². The van der Waals surface area contributed by atoms with Crippen molar-refractivity contribution in [3.63, 3.8) is 0 Å². The molecule has 1 saturated carbocycles. The van der Waals surface area contributed by atoms with E-state index >= 15 is 0 Å². The molecule has 106 valence electrons. The third-order valence-electron chi connectivity index (χ3n) is 3.92. The number of aryl methyl sites for hydroxylation is 2. The van der Waals surface area contributed by atoms with Crippen molar-refractivity contribution in [2.24, 2.45) is 11.7 Å². The van der Waals surface area contributed by atoms with Crippen molar-refractivity contribution in [2.45, 2.75) is 39.2 Å². The van der Waals surface area contributed by atoms with E-state index in [1.165, 1.54) is 6.42 Å². The molecule has 3 nitrogen and oxygen atoms in total. The van der Waals surface area contributed by atoms with E-state index in [1.807, 2.05) is 32.0 Å². The van der Waals surface area contributed by atoms with Crippen LogP contribution in [-0.4, -0.2) is 18.5 Å². The average Bonchev–Trinajstić information content (AvgIpc) is 2.79. The summed E-state index contributed by atoms with van der Waals surface area (Å²) >= 11 is 0. The molecule has 0 heterocycles. The predicted octanol–water partition coefficient (Wildman–Crippen LogP) is 2.58. The van der Waals surface area contributed by atoms with Gasteiger partial charge in [-0.2, -0.15) is 0 Å². The average molecular weight is 283 g/mol. The Balaban J connectivity index is 0.00000180. The summed E-state index contributed by atoms with van der Waals surface area (Å²) < 4.78 is 0. The van der Waals surface area contributed by atoms with Crippen LogP contribution in [0.15, 0.2) is 18.2 Å². The molecule has 2 rings (SSSR count). The third kappa shape index (κ3) is 3.71. The minimum atomic E-state index is 0. The minimum Gasteiger partial charge on any atom is -0.349 e. The SMILES string of the molecule is Cc1ccc(C)c(C(=O)NC2CCCC2CN)c1.Cl. The Morgan fingerprint density at radius 1 is 1.37 bits per heavy atom. The number of hydrogen-bond acceptors (Lipinski definition) is 2. The van der Waals surface area contributed by atoms with Crippen LogP contribution in [0, 0.1) is 19.8 Å². The fourth-order valence-corrected chi connectivity index (χ4v) is 2.74. The van der Waals surface area contributed by atoms with E-state index in [2.05, 4.69) is 5.32 Å². The lowest BCUT2D eigenvalue weighted by molar-refractivity contribution is 0.0928. The van der Waals surface area contributed by atoms with E-state index in [0.29, 0.717) is 12.5 Å². The van der Waals surface area contributed by atoms with Crippen molar-refractivity contribution >= 4 is 18.3 Å². The maximum absolute atomic E-state index is 12.3. The van der Waals surface area contributed by atoms with Crippen LogP contribution >= 0.6 is 12.4 Å². The highest BCUT2D eigenvalue weighted by molar-refractivity contribution is 5.96. The predicted molar refractivity (Wildman–Crippen MR) is 80.8 cm³/mol. The monoisotopic (exact) mass is 282 g/mol. The number of rotatable bonds is 3. The van der Waals surface area contributed by atoms with Gasteiger partial charge in [-0.25, -0.2) is 0 Å². The lowest BCUT2D eigenvalue weighted by Crippen LogP contribution is -2.40. The third-order valence-corrected chi connectivity index (χ3v) is 3.92. The lowest BCUT2D eigenvalue weighted by Gasteiger charge is -2.20. The van der Waals surface area contributed by atoms with Gasteiger partial charge in [-0.1, -0.05) is 24.1 Å². The molecule has 1 aromatic rings. The zero-order chi connectivity index (χ0) is 13.1. The molecule has 19 heavy (non-hydrogen) atoms. The van der Waals surface area contributed by atoms with Gasteiger partial charge in [0, 0.05) is 11.6 Å². The largest absolute Gasteiger partial charge is 0.349 e. The Bertz CT molecular complexity index is 448. The minimum absolute atomic E-state index is 0. The van der Waals surface area contributed by atoms with Gasteiger partial charge in [-0.3, -0.25) is 4.79 Å². The van der Waals surface area contributed by atoms with Crippen molar-refractivity contribution in [3.05, 3.63) is 34.9 Å². The van der Waals surface area contributed by atoms with Gasteiger partial charge in [0.25, 0.3) is 5.91 Å². The second kappa shape index (κ2) is 6.92. The molecule has 0 saturated heterocycles. The van der Waals surface area contributed by atoms with Crippen molar-refractivity contribution in [1.29, 1.82) is 0 Å². The number of nitrogens with two attached hydrogens (primary N) is 1. The molecule has 1 aromatic carbocycles. The fraction of sp³-hybridized carbons (Fsp3) is 0.533. The quantitative estimate of drug-likeness (QED) is 0.895. The molecule has 0 aliphatic heterocycles. The second-order valence-corrected chi connectivity index (χ2v) is 5.33. The Labute approximate surface area is 121 Å². The van der Waals surface area contributed by atoms with Gasteiger partial charge in [-0.15, -0.1) is 12.4 Å². The van der Waals surface area contributed by atoms with Gasteiger partial charge in [0.05, 0.1) is 0 Å². The molecule has 2 unspecified atom stereocenters. The van der Waals surface area contributed by atoms with Crippen LogP contribution in [0.3, 0.4) is 0 Å². The van der Waals surface area contributed by atoms with Gasteiger partial charge in [0.15, 0.2) is 0 Å². The van der Waals surface area contributed by atoms with Crippen molar-refractivity contribution in [3.8, 4) is 0 Å².